The molecule has 5 rings (SSSR count). The van der Waals surface area contributed by atoms with E-state index in [0.717, 1.165) is 33.5 Å². The molecule has 2 N–H and O–H groups in total. The van der Waals surface area contributed by atoms with Crippen molar-refractivity contribution in [2.24, 2.45) is 0 Å². The fourth-order valence-corrected chi connectivity index (χ4v) is 5.50. The average molecular weight is 397 g/mol. The highest BCUT2D eigenvalue weighted by Gasteiger charge is 2.31. The number of carbonyl (C=O) groups is 1. The molecule has 0 atom stereocenters. The van der Waals surface area contributed by atoms with Gasteiger partial charge in [0.05, 0.1) is 25.0 Å². The molecule has 0 aliphatic carbocycles. The van der Waals surface area contributed by atoms with Gasteiger partial charge in [-0.3, -0.25) is 4.79 Å². The molecule has 3 heterocycles. The third-order valence-corrected chi connectivity index (χ3v) is 7.33. The van der Waals surface area contributed by atoms with E-state index in [-0.39, 0.29) is 17.2 Å². The maximum absolute atomic E-state index is 13.2. The molecule has 0 saturated carbocycles. The first kappa shape index (κ1) is 17.3. The third-order valence-electron chi connectivity index (χ3n) is 5.49. The summed E-state index contributed by atoms with van der Waals surface area (Å²) < 4.78 is 33.2. The molecule has 28 heavy (non-hydrogen) atoms. The number of hydrogen-bond acceptors (Lipinski definition) is 4. The second-order valence-electron chi connectivity index (χ2n) is 7.13. The van der Waals surface area contributed by atoms with Crippen LogP contribution in [0.3, 0.4) is 0 Å². The van der Waals surface area contributed by atoms with Crippen molar-refractivity contribution in [1.29, 1.82) is 0 Å². The number of hydrogen-bond donors (Lipinski definition) is 2. The minimum atomic E-state index is -3.64. The first-order valence-corrected chi connectivity index (χ1v) is 10.5. The zero-order valence-corrected chi connectivity index (χ0v) is 16.1. The Balaban J connectivity index is 1.49. The summed E-state index contributed by atoms with van der Waals surface area (Å²) in [4.78, 5) is 15.1. The molecular weight excluding hydrogens is 378 g/mol. The average Bonchev–Trinajstić information content (AvgIpc) is 3.25. The smallest absolute Gasteiger partial charge is 0.243 e. The molecule has 0 unspecified atom stereocenters. The molecule has 2 aliphatic rings. The van der Waals surface area contributed by atoms with Gasteiger partial charge >= 0.3 is 0 Å². The van der Waals surface area contributed by atoms with E-state index < -0.39 is 10.0 Å². The predicted molar refractivity (Wildman–Crippen MR) is 105 cm³/mol. The Labute approximate surface area is 162 Å². The number of sulfonamides is 1. The van der Waals surface area contributed by atoms with Gasteiger partial charge in [0.2, 0.25) is 15.9 Å². The molecule has 1 aromatic heterocycles. The summed E-state index contributed by atoms with van der Waals surface area (Å²) in [7, 11) is -2.01. The Bertz CT molecular complexity index is 1230. The maximum Gasteiger partial charge on any atom is 0.243 e. The van der Waals surface area contributed by atoms with E-state index in [0.29, 0.717) is 25.2 Å². The molecule has 0 spiro atoms. The van der Waals surface area contributed by atoms with Crippen molar-refractivity contribution in [3.8, 4) is 5.75 Å². The molecule has 2 aromatic carbocycles. The number of amides is 1. The number of H-pyrrole nitrogens is 1. The van der Waals surface area contributed by atoms with E-state index in [9.17, 15) is 13.2 Å². The SMILES string of the molecule is COc1ccc2[nH]c3c(c2c1)CCN(S(=O)(=O)c1ccc2c(c1)CC(=O)N2)C3. The van der Waals surface area contributed by atoms with Gasteiger partial charge in [-0.05, 0) is 53.9 Å². The molecule has 3 aromatic rings. The van der Waals surface area contributed by atoms with Crippen LogP contribution in [0, 0.1) is 0 Å². The van der Waals surface area contributed by atoms with Crippen molar-refractivity contribution in [2.75, 3.05) is 19.0 Å². The van der Waals surface area contributed by atoms with Crippen LogP contribution in [-0.4, -0.2) is 37.3 Å². The summed E-state index contributed by atoms with van der Waals surface area (Å²) >= 11 is 0. The molecular formula is C20H19N3O4S. The van der Waals surface area contributed by atoms with Gasteiger partial charge in [-0.2, -0.15) is 4.31 Å². The lowest BCUT2D eigenvalue weighted by Crippen LogP contribution is -2.35. The van der Waals surface area contributed by atoms with Crippen LogP contribution < -0.4 is 10.1 Å². The van der Waals surface area contributed by atoms with Gasteiger partial charge in [-0.25, -0.2) is 8.42 Å². The molecule has 0 bridgehead atoms. The van der Waals surface area contributed by atoms with E-state index in [1.807, 2.05) is 18.2 Å². The second-order valence-corrected chi connectivity index (χ2v) is 9.06. The Morgan fingerprint density at radius 2 is 2.00 bits per heavy atom. The van der Waals surface area contributed by atoms with Gasteiger partial charge in [0.1, 0.15) is 5.75 Å². The summed E-state index contributed by atoms with van der Waals surface area (Å²) in [6.45, 7) is 0.705. The Hall–Kier alpha value is -2.84. The normalized spacial score (nSPS) is 16.7. The Morgan fingerprint density at radius 1 is 1.14 bits per heavy atom. The molecule has 0 saturated heterocycles. The molecule has 0 radical (unpaired) electrons. The summed E-state index contributed by atoms with van der Waals surface area (Å²) in [6.07, 6.45) is 0.847. The van der Waals surface area contributed by atoms with Crippen LogP contribution in [0.25, 0.3) is 10.9 Å². The van der Waals surface area contributed by atoms with Gasteiger partial charge in [-0.15, -0.1) is 0 Å². The van der Waals surface area contributed by atoms with Gasteiger partial charge in [-0.1, -0.05) is 0 Å². The first-order chi connectivity index (χ1) is 13.5. The standard InChI is InChI=1S/C20H19N3O4S/c1-27-13-2-4-18-16(10-13)15-6-7-23(11-19(15)21-18)28(25,26)14-3-5-17-12(8-14)9-20(24)22-17/h2-5,8,10,21H,6-7,9,11H2,1H3,(H,22,24). The van der Waals surface area contributed by atoms with E-state index in [1.54, 1.807) is 25.3 Å². The van der Waals surface area contributed by atoms with E-state index in [1.165, 1.54) is 4.31 Å². The van der Waals surface area contributed by atoms with Crippen LogP contribution in [-0.2, 0) is 34.2 Å². The minimum Gasteiger partial charge on any atom is -0.497 e. The molecule has 2 aliphatic heterocycles. The Morgan fingerprint density at radius 3 is 2.82 bits per heavy atom. The number of ether oxygens (including phenoxy) is 1. The third kappa shape index (κ3) is 2.60. The lowest BCUT2D eigenvalue weighted by atomic mass is 10.0. The van der Waals surface area contributed by atoms with Crippen LogP contribution in [0.5, 0.6) is 5.75 Å². The number of aromatic amines is 1. The summed E-state index contributed by atoms with van der Waals surface area (Å²) in [5.74, 6) is 0.673. The number of nitrogens with one attached hydrogen (secondary N) is 2. The zero-order valence-electron chi connectivity index (χ0n) is 15.3. The van der Waals surface area contributed by atoms with Crippen LogP contribution in [0.1, 0.15) is 16.8 Å². The summed E-state index contributed by atoms with van der Waals surface area (Å²) in [6, 6.07) is 10.7. The summed E-state index contributed by atoms with van der Waals surface area (Å²) in [5.41, 5.74) is 4.45. The molecule has 1 amide bonds. The number of methoxy groups -OCH3 is 1. The van der Waals surface area contributed by atoms with Gasteiger partial charge in [0.15, 0.2) is 0 Å². The van der Waals surface area contributed by atoms with Crippen LogP contribution in [0.4, 0.5) is 5.69 Å². The van der Waals surface area contributed by atoms with Crippen molar-refractivity contribution in [3.63, 3.8) is 0 Å². The van der Waals surface area contributed by atoms with Crippen molar-refractivity contribution in [1.82, 2.24) is 9.29 Å². The van der Waals surface area contributed by atoms with E-state index in [2.05, 4.69) is 10.3 Å². The van der Waals surface area contributed by atoms with Crippen molar-refractivity contribution < 1.29 is 17.9 Å². The topological polar surface area (TPSA) is 91.5 Å². The largest absolute Gasteiger partial charge is 0.497 e. The quantitative estimate of drug-likeness (QED) is 0.710. The summed E-state index contributed by atoms with van der Waals surface area (Å²) in [5, 5.41) is 3.81. The fourth-order valence-electron chi connectivity index (χ4n) is 4.04. The lowest BCUT2D eigenvalue weighted by Gasteiger charge is -2.26. The zero-order chi connectivity index (χ0) is 19.5. The maximum atomic E-state index is 13.2. The number of anilines is 1. The molecule has 144 valence electrons. The minimum absolute atomic E-state index is 0.110. The van der Waals surface area contributed by atoms with E-state index in [4.69, 9.17) is 4.74 Å². The van der Waals surface area contributed by atoms with E-state index >= 15 is 0 Å². The van der Waals surface area contributed by atoms with Crippen molar-refractivity contribution in [3.05, 3.63) is 53.2 Å². The van der Waals surface area contributed by atoms with Gasteiger partial charge in [0.25, 0.3) is 0 Å². The number of carbonyl (C=O) groups excluding carboxylic acids is 1. The van der Waals surface area contributed by atoms with Gasteiger partial charge in [0, 0.05) is 28.8 Å². The molecule has 0 fully saturated rings. The number of nitrogens with zero attached hydrogens (tertiary/aromatic N) is 1. The van der Waals surface area contributed by atoms with Crippen LogP contribution >= 0.6 is 0 Å². The first-order valence-electron chi connectivity index (χ1n) is 9.06. The van der Waals surface area contributed by atoms with Crippen LogP contribution in [0.15, 0.2) is 41.3 Å². The van der Waals surface area contributed by atoms with Crippen molar-refractivity contribution >= 4 is 32.5 Å². The second kappa shape index (κ2) is 6.08. The lowest BCUT2D eigenvalue weighted by molar-refractivity contribution is -0.115. The number of aromatic nitrogens is 1. The number of benzene rings is 2. The van der Waals surface area contributed by atoms with Crippen LogP contribution in [0.2, 0.25) is 0 Å². The monoisotopic (exact) mass is 397 g/mol. The predicted octanol–water partition coefficient (Wildman–Crippen LogP) is 2.42. The van der Waals surface area contributed by atoms with Gasteiger partial charge < -0.3 is 15.0 Å². The number of fused-ring (bicyclic) bond motifs is 4. The Kier molecular flexibility index (Phi) is 3.75. The highest BCUT2D eigenvalue weighted by atomic mass is 32.2. The van der Waals surface area contributed by atoms with Crippen molar-refractivity contribution in [2.45, 2.75) is 24.3 Å². The molecule has 7 nitrogen and oxygen atoms in total. The highest BCUT2D eigenvalue weighted by molar-refractivity contribution is 7.89. The number of rotatable bonds is 3. The fraction of sp³-hybridized carbons (Fsp3) is 0.250. The highest BCUT2D eigenvalue weighted by Crippen LogP contribution is 2.33. The molecule has 8 heteroatoms.